The van der Waals surface area contributed by atoms with Crippen molar-refractivity contribution < 1.29 is 9.47 Å². The summed E-state index contributed by atoms with van der Waals surface area (Å²) in [5.74, 6) is 0.908. The number of ether oxygens (including phenoxy) is 2. The molecule has 4 heteroatoms. The van der Waals surface area contributed by atoms with E-state index in [1.165, 1.54) is 5.56 Å². The van der Waals surface area contributed by atoms with Crippen LogP contribution in [0.3, 0.4) is 0 Å². The lowest BCUT2D eigenvalue weighted by atomic mass is 10.1. The van der Waals surface area contributed by atoms with E-state index in [4.69, 9.17) is 9.47 Å². The van der Waals surface area contributed by atoms with Gasteiger partial charge in [-0.05, 0) is 53.0 Å². The van der Waals surface area contributed by atoms with Crippen molar-refractivity contribution in [2.75, 3.05) is 19.8 Å². The Morgan fingerprint density at radius 3 is 3.06 bits per heavy atom. The van der Waals surface area contributed by atoms with Gasteiger partial charge in [-0.15, -0.1) is 0 Å². The molecule has 1 aromatic carbocycles. The molecule has 0 amide bonds. The Balaban J connectivity index is 1.95. The van der Waals surface area contributed by atoms with Gasteiger partial charge in [0.1, 0.15) is 11.9 Å². The van der Waals surface area contributed by atoms with Crippen LogP contribution in [-0.4, -0.2) is 25.9 Å². The van der Waals surface area contributed by atoms with Gasteiger partial charge in [-0.3, -0.25) is 0 Å². The van der Waals surface area contributed by atoms with Gasteiger partial charge in [-0.1, -0.05) is 13.0 Å². The molecule has 0 aromatic heterocycles. The smallest absolute Gasteiger partial charge is 0.134 e. The third-order valence-electron chi connectivity index (χ3n) is 2.99. The molecule has 1 fully saturated rings. The van der Waals surface area contributed by atoms with Gasteiger partial charge >= 0.3 is 0 Å². The normalized spacial score (nSPS) is 19.8. The predicted molar refractivity (Wildman–Crippen MR) is 76.0 cm³/mol. The predicted octanol–water partition coefficient (Wildman–Crippen LogP) is 3.12. The van der Waals surface area contributed by atoms with Crippen LogP contribution in [0.2, 0.25) is 0 Å². The summed E-state index contributed by atoms with van der Waals surface area (Å²) in [7, 11) is 0. The molecule has 1 heterocycles. The lowest BCUT2D eigenvalue weighted by Crippen LogP contribution is -2.28. The SMILES string of the molecule is CCNCc1ccc(OC2CCCOC2)c(Br)c1. The van der Waals surface area contributed by atoms with Crippen LogP contribution in [0.25, 0.3) is 0 Å². The van der Waals surface area contributed by atoms with Crippen LogP contribution >= 0.6 is 15.9 Å². The zero-order chi connectivity index (χ0) is 12.8. The van der Waals surface area contributed by atoms with Gasteiger partial charge in [0, 0.05) is 13.2 Å². The fourth-order valence-corrected chi connectivity index (χ4v) is 2.52. The van der Waals surface area contributed by atoms with Crippen LogP contribution in [0.1, 0.15) is 25.3 Å². The minimum atomic E-state index is 0.190. The third kappa shape index (κ3) is 3.97. The van der Waals surface area contributed by atoms with Gasteiger partial charge in [0.15, 0.2) is 0 Å². The van der Waals surface area contributed by atoms with E-state index in [0.717, 1.165) is 42.8 Å². The van der Waals surface area contributed by atoms with E-state index in [9.17, 15) is 0 Å². The summed E-state index contributed by atoms with van der Waals surface area (Å²) in [6.07, 6.45) is 2.35. The Morgan fingerprint density at radius 1 is 1.50 bits per heavy atom. The quantitative estimate of drug-likeness (QED) is 0.906. The Bertz CT molecular complexity index is 378. The molecule has 1 unspecified atom stereocenters. The molecule has 1 aromatic rings. The molecule has 3 nitrogen and oxygen atoms in total. The first-order valence-electron chi connectivity index (χ1n) is 6.53. The lowest BCUT2D eigenvalue weighted by Gasteiger charge is -2.24. The summed E-state index contributed by atoms with van der Waals surface area (Å²) in [6, 6.07) is 6.25. The van der Waals surface area contributed by atoms with E-state index in [1.807, 2.05) is 6.07 Å². The topological polar surface area (TPSA) is 30.5 Å². The Kier molecular flexibility index (Phi) is 5.47. The maximum absolute atomic E-state index is 5.95. The van der Waals surface area contributed by atoms with Crippen molar-refractivity contribution in [3.05, 3.63) is 28.2 Å². The second kappa shape index (κ2) is 7.12. The molecular formula is C14H20BrNO2. The van der Waals surface area contributed by atoms with Crippen molar-refractivity contribution in [3.8, 4) is 5.75 Å². The van der Waals surface area contributed by atoms with Crippen molar-refractivity contribution >= 4 is 15.9 Å². The van der Waals surface area contributed by atoms with Gasteiger partial charge in [-0.2, -0.15) is 0 Å². The van der Waals surface area contributed by atoms with Crippen LogP contribution in [0.4, 0.5) is 0 Å². The highest BCUT2D eigenvalue weighted by molar-refractivity contribution is 9.10. The van der Waals surface area contributed by atoms with Gasteiger partial charge in [-0.25, -0.2) is 0 Å². The summed E-state index contributed by atoms with van der Waals surface area (Å²) in [5.41, 5.74) is 1.26. The molecule has 100 valence electrons. The highest BCUT2D eigenvalue weighted by Crippen LogP contribution is 2.28. The highest BCUT2D eigenvalue weighted by Gasteiger charge is 2.16. The van der Waals surface area contributed by atoms with Crippen molar-refractivity contribution in [1.82, 2.24) is 5.32 Å². The van der Waals surface area contributed by atoms with Gasteiger partial charge in [0.25, 0.3) is 0 Å². The molecule has 0 aliphatic carbocycles. The summed E-state index contributed by atoms with van der Waals surface area (Å²) in [4.78, 5) is 0. The molecular weight excluding hydrogens is 294 g/mol. The van der Waals surface area contributed by atoms with Crippen molar-refractivity contribution in [2.24, 2.45) is 0 Å². The number of nitrogens with one attached hydrogen (secondary N) is 1. The van der Waals surface area contributed by atoms with Crippen LogP contribution in [-0.2, 0) is 11.3 Å². The maximum Gasteiger partial charge on any atom is 0.134 e. The fourth-order valence-electron chi connectivity index (χ4n) is 2.00. The number of hydrogen-bond acceptors (Lipinski definition) is 3. The van der Waals surface area contributed by atoms with Crippen LogP contribution in [0, 0.1) is 0 Å². The van der Waals surface area contributed by atoms with Crippen molar-refractivity contribution in [3.63, 3.8) is 0 Å². The largest absolute Gasteiger partial charge is 0.487 e. The molecule has 1 atom stereocenters. The first kappa shape index (κ1) is 13.8. The minimum Gasteiger partial charge on any atom is -0.487 e. The summed E-state index contributed by atoms with van der Waals surface area (Å²) in [6.45, 7) is 5.54. The number of rotatable bonds is 5. The average Bonchev–Trinajstić information content (AvgIpc) is 2.40. The van der Waals surface area contributed by atoms with E-state index in [0.29, 0.717) is 6.61 Å². The molecule has 0 spiro atoms. The molecule has 2 rings (SSSR count). The van der Waals surface area contributed by atoms with E-state index in [2.05, 4.69) is 40.3 Å². The van der Waals surface area contributed by atoms with Crippen LogP contribution in [0.15, 0.2) is 22.7 Å². The number of hydrogen-bond donors (Lipinski definition) is 1. The Labute approximate surface area is 117 Å². The molecule has 1 aliphatic rings. The minimum absolute atomic E-state index is 0.190. The molecule has 1 saturated heterocycles. The van der Waals surface area contributed by atoms with E-state index in [1.54, 1.807) is 0 Å². The zero-order valence-corrected chi connectivity index (χ0v) is 12.3. The fraction of sp³-hybridized carbons (Fsp3) is 0.571. The Morgan fingerprint density at radius 2 is 2.39 bits per heavy atom. The molecule has 0 saturated carbocycles. The maximum atomic E-state index is 5.95. The van der Waals surface area contributed by atoms with Gasteiger partial charge in [0.05, 0.1) is 11.1 Å². The number of benzene rings is 1. The van der Waals surface area contributed by atoms with E-state index in [-0.39, 0.29) is 6.10 Å². The second-order valence-corrected chi connectivity index (χ2v) is 5.36. The van der Waals surface area contributed by atoms with Crippen LogP contribution in [0.5, 0.6) is 5.75 Å². The zero-order valence-electron chi connectivity index (χ0n) is 10.7. The van der Waals surface area contributed by atoms with Gasteiger partial charge in [0.2, 0.25) is 0 Å². The standard InChI is InChI=1S/C14H20BrNO2/c1-2-16-9-11-5-6-14(13(15)8-11)18-12-4-3-7-17-10-12/h5-6,8,12,16H,2-4,7,9-10H2,1H3. The van der Waals surface area contributed by atoms with E-state index >= 15 is 0 Å². The first-order valence-corrected chi connectivity index (χ1v) is 7.32. The summed E-state index contributed by atoms with van der Waals surface area (Å²) in [5, 5.41) is 3.31. The molecule has 1 N–H and O–H groups in total. The third-order valence-corrected chi connectivity index (χ3v) is 3.61. The molecule has 0 bridgehead atoms. The lowest BCUT2D eigenvalue weighted by molar-refractivity contribution is 0.00711. The average molecular weight is 314 g/mol. The van der Waals surface area contributed by atoms with Crippen molar-refractivity contribution in [2.45, 2.75) is 32.4 Å². The van der Waals surface area contributed by atoms with Crippen molar-refractivity contribution in [1.29, 1.82) is 0 Å². The summed E-state index contributed by atoms with van der Waals surface area (Å²) >= 11 is 3.57. The van der Waals surface area contributed by atoms with E-state index < -0.39 is 0 Å². The molecule has 1 aliphatic heterocycles. The second-order valence-electron chi connectivity index (χ2n) is 4.50. The van der Waals surface area contributed by atoms with Gasteiger partial charge < -0.3 is 14.8 Å². The number of halogens is 1. The Hall–Kier alpha value is -0.580. The molecule has 0 radical (unpaired) electrons. The molecule has 18 heavy (non-hydrogen) atoms. The van der Waals surface area contributed by atoms with Crippen LogP contribution < -0.4 is 10.1 Å². The first-order chi connectivity index (χ1) is 8.79. The monoisotopic (exact) mass is 313 g/mol. The summed E-state index contributed by atoms with van der Waals surface area (Å²) < 4.78 is 12.4. The highest BCUT2D eigenvalue weighted by atomic mass is 79.9.